The molecule has 0 aliphatic carbocycles. The smallest absolute Gasteiger partial charge is 0.225 e. The minimum atomic E-state index is 0.195. The molecule has 0 saturated carbocycles. The number of anilines is 1. The molecule has 1 aromatic rings. The van der Waals surface area contributed by atoms with Crippen molar-refractivity contribution in [1.29, 1.82) is 0 Å². The topological polar surface area (TPSA) is 49.3 Å². The van der Waals surface area contributed by atoms with Crippen LogP contribution in [0.15, 0.2) is 6.07 Å². The van der Waals surface area contributed by atoms with Crippen LogP contribution in [0, 0.1) is 12.8 Å². The predicted octanol–water partition coefficient (Wildman–Crippen LogP) is 3.77. The largest absolute Gasteiger partial charge is 0.353 e. The van der Waals surface area contributed by atoms with Crippen molar-refractivity contribution in [1.82, 2.24) is 14.9 Å². The molecule has 1 saturated heterocycles. The molecular formula is C20H34N4O. The second kappa shape index (κ2) is 9.16. The maximum absolute atomic E-state index is 12.8. The first kappa shape index (κ1) is 19.7. The van der Waals surface area contributed by atoms with Crippen molar-refractivity contribution in [2.24, 2.45) is 5.92 Å². The van der Waals surface area contributed by atoms with Gasteiger partial charge in [-0.3, -0.25) is 4.79 Å². The van der Waals surface area contributed by atoms with Crippen LogP contribution in [0.2, 0.25) is 0 Å². The third kappa shape index (κ3) is 5.16. The van der Waals surface area contributed by atoms with E-state index in [2.05, 4.69) is 48.5 Å². The zero-order valence-electron chi connectivity index (χ0n) is 16.6. The molecule has 0 radical (unpaired) electrons. The summed E-state index contributed by atoms with van der Waals surface area (Å²) in [5, 5.41) is 0. The molecule has 1 atom stereocenters. The van der Waals surface area contributed by atoms with E-state index in [0.29, 0.717) is 11.8 Å². The molecule has 1 fully saturated rings. The Morgan fingerprint density at radius 3 is 2.40 bits per heavy atom. The number of aromatic nitrogens is 2. The number of unbranched alkanes of at least 4 members (excludes halogenated alkanes) is 1. The van der Waals surface area contributed by atoms with E-state index in [1.807, 2.05) is 6.92 Å². The van der Waals surface area contributed by atoms with Gasteiger partial charge in [0.05, 0.1) is 0 Å². The lowest BCUT2D eigenvalue weighted by atomic mass is 9.97. The molecule has 2 rings (SSSR count). The summed E-state index contributed by atoms with van der Waals surface area (Å²) in [5.74, 6) is 2.77. The van der Waals surface area contributed by atoms with Gasteiger partial charge in [0.1, 0.15) is 11.6 Å². The second-order valence-electron chi connectivity index (χ2n) is 7.44. The van der Waals surface area contributed by atoms with Gasteiger partial charge in [-0.1, -0.05) is 40.5 Å². The zero-order chi connectivity index (χ0) is 18.4. The lowest BCUT2D eigenvalue weighted by Gasteiger charge is -2.37. The predicted molar refractivity (Wildman–Crippen MR) is 103 cm³/mol. The van der Waals surface area contributed by atoms with E-state index >= 15 is 0 Å². The first-order valence-corrected chi connectivity index (χ1v) is 9.85. The van der Waals surface area contributed by atoms with Crippen LogP contribution in [-0.4, -0.2) is 47.0 Å². The van der Waals surface area contributed by atoms with Crippen LogP contribution in [0.3, 0.4) is 0 Å². The quantitative estimate of drug-likeness (QED) is 0.754. The molecule has 5 nitrogen and oxygen atoms in total. The van der Waals surface area contributed by atoms with Crippen molar-refractivity contribution < 1.29 is 4.79 Å². The van der Waals surface area contributed by atoms with Gasteiger partial charge < -0.3 is 9.80 Å². The van der Waals surface area contributed by atoms with Gasteiger partial charge in [0.25, 0.3) is 0 Å². The second-order valence-corrected chi connectivity index (χ2v) is 7.44. The fourth-order valence-electron chi connectivity index (χ4n) is 3.36. The molecule has 0 bridgehead atoms. The van der Waals surface area contributed by atoms with Gasteiger partial charge in [0.15, 0.2) is 0 Å². The highest BCUT2D eigenvalue weighted by Gasteiger charge is 2.26. The van der Waals surface area contributed by atoms with Crippen LogP contribution < -0.4 is 4.90 Å². The number of aryl methyl sites for hydroxylation is 1. The van der Waals surface area contributed by atoms with Crippen LogP contribution in [0.5, 0.6) is 0 Å². The van der Waals surface area contributed by atoms with Crippen molar-refractivity contribution >= 4 is 11.7 Å². The van der Waals surface area contributed by atoms with Gasteiger partial charge in [-0.2, -0.15) is 0 Å². The molecule has 140 valence electrons. The maximum atomic E-state index is 12.8. The molecule has 5 heteroatoms. The van der Waals surface area contributed by atoms with Crippen LogP contribution in [-0.2, 0) is 4.79 Å². The first-order chi connectivity index (χ1) is 12.0. The van der Waals surface area contributed by atoms with Crippen molar-refractivity contribution in [2.45, 2.75) is 66.2 Å². The standard InChI is InChI=1S/C20H34N4O/c1-6-8-9-17(7-2)20(25)24-12-10-23(11-13-24)18-14-16(5)21-19(22-18)15(3)4/h14-15,17H,6-13H2,1-5H3. The van der Waals surface area contributed by atoms with Crippen LogP contribution in [0.1, 0.15) is 70.8 Å². The van der Waals surface area contributed by atoms with E-state index in [0.717, 1.165) is 69.2 Å². The molecule has 1 amide bonds. The average Bonchev–Trinajstić information content (AvgIpc) is 2.61. The normalized spacial score (nSPS) is 16.4. The summed E-state index contributed by atoms with van der Waals surface area (Å²) in [6.07, 6.45) is 4.27. The van der Waals surface area contributed by atoms with Gasteiger partial charge in [-0.25, -0.2) is 9.97 Å². The van der Waals surface area contributed by atoms with E-state index in [1.54, 1.807) is 0 Å². The van der Waals surface area contributed by atoms with Gasteiger partial charge in [-0.05, 0) is 19.8 Å². The number of rotatable bonds is 7. The monoisotopic (exact) mass is 346 g/mol. The highest BCUT2D eigenvalue weighted by Crippen LogP contribution is 2.21. The van der Waals surface area contributed by atoms with Crippen LogP contribution >= 0.6 is 0 Å². The summed E-state index contributed by atoms with van der Waals surface area (Å²) in [6.45, 7) is 13.9. The Morgan fingerprint density at radius 1 is 1.16 bits per heavy atom. The molecule has 1 aliphatic heterocycles. The summed E-state index contributed by atoms with van der Waals surface area (Å²) >= 11 is 0. The summed E-state index contributed by atoms with van der Waals surface area (Å²) in [6, 6.07) is 2.06. The fourth-order valence-corrected chi connectivity index (χ4v) is 3.36. The average molecular weight is 347 g/mol. The Morgan fingerprint density at radius 2 is 1.84 bits per heavy atom. The summed E-state index contributed by atoms with van der Waals surface area (Å²) < 4.78 is 0. The van der Waals surface area contributed by atoms with Gasteiger partial charge >= 0.3 is 0 Å². The molecule has 1 aliphatic rings. The van der Waals surface area contributed by atoms with Gasteiger partial charge in [-0.15, -0.1) is 0 Å². The Kier molecular flexibility index (Phi) is 7.21. The van der Waals surface area contributed by atoms with E-state index in [4.69, 9.17) is 4.98 Å². The third-order valence-corrected chi connectivity index (χ3v) is 5.04. The molecule has 25 heavy (non-hydrogen) atoms. The molecule has 0 aromatic carbocycles. The molecule has 2 heterocycles. The summed E-state index contributed by atoms with van der Waals surface area (Å²) in [4.78, 5) is 26.4. The van der Waals surface area contributed by atoms with E-state index in [-0.39, 0.29) is 5.92 Å². The van der Waals surface area contributed by atoms with Crippen molar-refractivity contribution in [3.8, 4) is 0 Å². The van der Waals surface area contributed by atoms with Gasteiger partial charge in [0, 0.05) is 49.8 Å². The van der Waals surface area contributed by atoms with E-state index in [9.17, 15) is 4.79 Å². The van der Waals surface area contributed by atoms with E-state index < -0.39 is 0 Å². The highest BCUT2D eigenvalue weighted by atomic mass is 16.2. The Bertz CT molecular complexity index is 565. The Balaban J connectivity index is 1.98. The first-order valence-electron chi connectivity index (χ1n) is 9.85. The van der Waals surface area contributed by atoms with Crippen LogP contribution in [0.4, 0.5) is 5.82 Å². The number of amides is 1. The minimum absolute atomic E-state index is 0.195. The third-order valence-electron chi connectivity index (χ3n) is 5.04. The molecule has 1 unspecified atom stereocenters. The lowest BCUT2D eigenvalue weighted by Crippen LogP contribution is -2.50. The molecule has 0 spiro atoms. The molecule has 0 N–H and O–H groups in total. The number of hydrogen-bond acceptors (Lipinski definition) is 4. The number of piperazine rings is 1. The number of carbonyl (C=O) groups is 1. The SMILES string of the molecule is CCCCC(CC)C(=O)N1CCN(c2cc(C)nc(C(C)C)n2)CC1. The summed E-state index contributed by atoms with van der Waals surface area (Å²) in [5.41, 5.74) is 1.01. The highest BCUT2D eigenvalue weighted by molar-refractivity contribution is 5.79. The minimum Gasteiger partial charge on any atom is -0.353 e. The fraction of sp³-hybridized carbons (Fsp3) is 0.750. The summed E-state index contributed by atoms with van der Waals surface area (Å²) in [7, 11) is 0. The molecule has 1 aromatic heterocycles. The van der Waals surface area contributed by atoms with Crippen molar-refractivity contribution in [3.63, 3.8) is 0 Å². The van der Waals surface area contributed by atoms with Crippen molar-refractivity contribution in [2.75, 3.05) is 31.1 Å². The molecular weight excluding hydrogens is 312 g/mol. The number of hydrogen-bond donors (Lipinski definition) is 0. The number of nitrogens with zero attached hydrogens (tertiary/aromatic N) is 4. The van der Waals surface area contributed by atoms with Crippen molar-refractivity contribution in [3.05, 3.63) is 17.6 Å². The Labute approximate surface area is 152 Å². The number of carbonyl (C=O) groups excluding carboxylic acids is 1. The maximum Gasteiger partial charge on any atom is 0.225 e. The Hall–Kier alpha value is -1.65. The van der Waals surface area contributed by atoms with E-state index in [1.165, 1.54) is 0 Å². The van der Waals surface area contributed by atoms with Crippen LogP contribution in [0.25, 0.3) is 0 Å². The van der Waals surface area contributed by atoms with Gasteiger partial charge in [0.2, 0.25) is 5.91 Å². The lowest BCUT2D eigenvalue weighted by molar-refractivity contribution is -0.136. The zero-order valence-corrected chi connectivity index (χ0v) is 16.6.